The molecule has 0 aliphatic heterocycles. The molecule has 1 amide bonds. The van der Waals surface area contributed by atoms with Gasteiger partial charge in [-0.3, -0.25) is 39.3 Å². The first-order valence-electron chi connectivity index (χ1n) is 33.9. The summed E-state index contributed by atoms with van der Waals surface area (Å²) in [6.07, 6.45) is 16.4. The molecular weight excluding hydrogens is 1250 g/mol. The predicted molar refractivity (Wildman–Crippen MR) is 376 cm³/mol. The Balaban J connectivity index is 0.785. The van der Waals surface area contributed by atoms with Crippen LogP contribution < -0.4 is 15.0 Å². The number of methoxy groups -OCH3 is 2. The lowest BCUT2D eigenvalue weighted by Gasteiger charge is -2.25. The van der Waals surface area contributed by atoms with Crippen molar-refractivity contribution in [3.63, 3.8) is 0 Å². The SMILES string of the molecule is CCN(CCOCC(=O)NCCCCOc1cc(CN(Cc2ccccn2)Cc2ccccn2)cc(CN(Cc2ccccn2)Cc2ccccn2)c1)c1ccc(C2=C(O)C(=C3C=CC(=[N+](CCOCCOCCOCCOC)CCOCCOCCOCCOC)C=C3)C2=O)cc1. The zero-order valence-electron chi connectivity index (χ0n) is 57.2. The van der Waals surface area contributed by atoms with Crippen LogP contribution in [0.4, 0.5) is 5.69 Å². The summed E-state index contributed by atoms with van der Waals surface area (Å²) in [6.45, 7) is 16.3. The molecule has 4 heterocycles. The average Bonchev–Trinajstić information content (AvgIpc) is 0.750. The summed E-state index contributed by atoms with van der Waals surface area (Å²) in [6, 6.07) is 38.1. The molecule has 0 bridgehead atoms. The third kappa shape index (κ3) is 27.2. The number of carbonyl (C=O) groups excluding carboxylic acids is 2. The van der Waals surface area contributed by atoms with Crippen LogP contribution in [-0.4, -0.2) is 216 Å². The number of likely N-dealkylation sites (N-methyl/N-ethyl adjacent to an activating group) is 1. The Labute approximate surface area is 577 Å². The van der Waals surface area contributed by atoms with Crippen molar-refractivity contribution >= 4 is 28.7 Å². The lowest BCUT2D eigenvalue weighted by molar-refractivity contribution is -0.532. The van der Waals surface area contributed by atoms with Crippen LogP contribution in [-0.2, 0) is 91.5 Å². The van der Waals surface area contributed by atoms with Crippen molar-refractivity contribution in [1.82, 2.24) is 35.1 Å². The molecule has 0 unspecified atom stereocenters. The number of amides is 1. The Morgan fingerprint density at radius 3 is 1.39 bits per heavy atom. The lowest BCUT2D eigenvalue weighted by Crippen LogP contribution is -2.31. The molecule has 2 aliphatic rings. The first-order valence-corrected chi connectivity index (χ1v) is 33.9. The highest BCUT2D eigenvalue weighted by molar-refractivity contribution is 6.39. The van der Waals surface area contributed by atoms with Gasteiger partial charge < -0.3 is 62.7 Å². The molecule has 8 rings (SSSR count). The molecular formula is C76H98N9O13+. The second-order valence-corrected chi connectivity index (χ2v) is 23.3. The van der Waals surface area contributed by atoms with Crippen LogP contribution in [0, 0.1) is 0 Å². The van der Waals surface area contributed by atoms with E-state index in [1.165, 1.54) is 0 Å². The van der Waals surface area contributed by atoms with E-state index >= 15 is 0 Å². The summed E-state index contributed by atoms with van der Waals surface area (Å²) in [5.74, 6) is 0.338. The highest BCUT2D eigenvalue weighted by Gasteiger charge is 2.37. The van der Waals surface area contributed by atoms with Gasteiger partial charge in [-0.05, 0) is 127 Å². The number of benzene rings is 2. The number of unbranched alkanes of at least 4 members (excludes halogenated alkanes) is 1. The standard InChI is InChI=1S/C76H97N9O13/c1-4-84(69-23-19-63(20-24-69)73-75(87)74(76(73)88)64-21-25-70(26-22-64)85(33-36-91-43-45-95-49-47-93-41-39-89-2)34-37-92-44-46-96-50-48-94-42-40-90-3)32-38-97-60-72(86)81-31-13-14-35-98-71-52-61(54-82(56-65-15-5-9-27-77-65)57-66-16-6-10-28-78-66)51-62(53-71)55-83(58-67-17-7-11-29-79-67)59-68-18-8-12-30-80-68/h5-12,15-30,51-53H,4,13-14,31-50,54-60H2,1-3H3,(H-,81,86,87,88)/p+1. The number of aromatic nitrogens is 4. The van der Waals surface area contributed by atoms with Crippen LogP contribution >= 0.6 is 0 Å². The summed E-state index contributed by atoms with van der Waals surface area (Å²) >= 11 is 0. The number of hydrogen-bond acceptors (Lipinski definition) is 20. The van der Waals surface area contributed by atoms with E-state index < -0.39 is 0 Å². The van der Waals surface area contributed by atoms with Gasteiger partial charge in [0.1, 0.15) is 31.3 Å². The van der Waals surface area contributed by atoms with Crippen molar-refractivity contribution < 1.29 is 66.6 Å². The van der Waals surface area contributed by atoms with E-state index in [0.29, 0.717) is 189 Å². The number of allylic oxidation sites excluding steroid dienone is 7. The molecule has 98 heavy (non-hydrogen) atoms. The number of ketones is 1. The Bertz CT molecular complexity index is 3200. The third-order valence-electron chi connectivity index (χ3n) is 15.9. The monoisotopic (exact) mass is 1340 g/mol. The molecule has 0 fully saturated rings. The minimum atomic E-state index is -0.223. The zero-order chi connectivity index (χ0) is 68.5. The third-order valence-corrected chi connectivity index (χ3v) is 15.9. The van der Waals surface area contributed by atoms with Crippen molar-refractivity contribution in [2.45, 2.75) is 59.0 Å². The van der Waals surface area contributed by atoms with Crippen LogP contribution in [0.3, 0.4) is 0 Å². The Hall–Kier alpha value is -8.23. The van der Waals surface area contributed by atoms with Gasteiger partial charge in [0.05, 0.1) is 126 Å². The first kappa shape index (κ1) is 75.5. The van der Waals surface area contributed by atoms with E-state index in [-0.39, 0.29) is 35.2 Å². The van der Waals surface area contributed by atoms with E-state index in [1.54, 1.807) is 14.2 Å². The number of hydrogen-bond donors (Lipinski definition) is 2. The van der Waals surface area contributed by atoms with E-state index in [2.05, 4.69) is 87.0 Å². The van der Waals surface area contributed by atoms with Crippen molar-refractivity contribution in [3.8, 4) is 5.75 Å². The molecule has 524 valence electrons. The second-order valence-electron chi connectivity index (χ2n) is 23.3. The molecule has 2 aromatic carbocycles. The van der Waals surface area contributed by atoms with Crippen LogP contribution in [0.1, 0.15) is 59.2 Å². The molecule has 22 heteroatoms. The number of carbonyl (C=O) groups is 2. The summed E-state index contributed by atoms with van der Waals surface area (Å²) in [4.78, 5) is 52.1. The number of pyridine rings is 4. The van der Waals surface area contributed by atoms with Crippen molar-refractivity contribution in [2.75, 3.05) is 164 Å². The molecule has 2 aliphatic carbocycles. The van der Waals surface area contributed by atoms with Crippen LogP contribution in [0.2, 0.25) is 0 Å². The fourth-order valence-corrected chi connectivity index (χ4v) is 10.9. The highest BCUT2D eigenvalue weighted by Crippen LogP contribution is 2.39. The van der Waals surface area contributed by atoms with E-state index in [4.69, 9.17) is 47.4 Å². The quantitative estimate of drug-likeness (QED) is 0.0207. The van der Waals surface area contributed by atoms with E-state index in [9.17, 15) is 14.7 Å². The van der Waals surface area contributed by atoms with Gasteiger partial charge in [-0.25, -0.2) is 4.58 Å². The Morgan fingerprint density at radius 2 is 0.959 bits per heavy atom. The average molecular weight is 1350 g/mol. The summed E-state index contributed by atoms with van der Waals surface area (Å²) < 4.78 is 58.5. The first-order chi connectivity index (χ1) is 48.3. The summed E-state index contributed by atoms with van der Waals surface area (Å²) in [5.41, 5.74) is 9.76. The Morgan fingerprint density at radius 1 is 0.500 bits per heavy atom. The van der Waals surface area contributed by atoms with Gasteiger partial charge in [-0.15, -0.1) is 0 Å². The van der Waals surface area contributed by atoms with Gasteiger partial charge in [-0.2, -0.15) is 0 Å². The smallest absolute Gasteiger partial charge is 0.245 e. The van der Waals surface area contributed by atoms with Gasteiger partial charge in [0.25, 0.3) is 0 Å². The van der Waals surface area contributed by atoms with Gasteiger partial charge >= 0.3 is 0 Å². The highest BCUT2D eigenvalue weighted by atomic mass is 16.6. The topological polar surface area (TPSA) is 223 Å². The second kappa shape index (κ2) is 44.6. The maximum atomic E-state index is 13.7. The zero-order valence-corrected chi connectivity index (χ0v) is 57.2. The molecule has 6 aromatic rings. The number of anilines is 1. The molecule has 2 N–H and O–H groups in total. The van der Waals surface area contributed by atoms with Crippen molar-refractivity contribution in [2.24, 2.45) is 0 Å². The maximum Gasteiger partial charge on any atom is 0.245 e. The molecule has 0 atom stereocenters. The molecule has 0 spiro atoms. The molecule has 0 saturated heterocycles. The maximum absolute atomic E-state index is 13.7. The normalized spacial score (nSPS) is 12.9. The summed E-state index contributed by atoms with van der Waals surface area (Å²) in [7, 11) is 3.28. The number of nitrogens with one attached hydrogen (secondary N) is 1. The number of Topliss-reactive ketones (excluding diaryl/α,β-unsaturated/α-hetero) is 1. The van der Waals surface area contributed by atoms with Crippen LogP contribution in [0.5, 0.6) is 5.75 Å². The fraction of sp³-hybridized carbons (Fsp3) is 0.434. The predicted octanol–water partition coefficient (Wildman–Crippen LogP) is 8.61. The number of rotatable bonds is 50. The lowest BCUT2D eigenvalue weighted by atomic mass is 9.80. The summed E-state index contributed by atoms with van der Waals surface area (Å²) in [5, 5.41) is 14.4. The van der Waals surface area contributed by atoms with Gasteiger partial charge in [0.15, 0.2) is 18.8 Å². The molecule has 22 nitrogen and oxygen atoms in total. The largest absolute Gasteiger partial charge is 0.506 e. The molecule has 0 radical (unpaired) electrons. The van der Waals surface area contributed by atoms with Gasteiger partial charge in [0, 0.05) is 116 Å². The molecule has 0 saturated carbocycles. The van der Waals surface area contributed by atoms with Gasteiger partial charge in [0.2, 0.25) is 11.7 Å². The minimum absolute atomic E-state index is 0.0351. The van der Waals surface area contributed by atoms with Crippen molar-refractivity contribution in [3.05, 3.63) is 221 Å². The van der Waals surface area contributed by atoms with Crippen molar-refractivity contribution in [1.29, 1.82) is 0 Å². The fourth-order valence-electron chi connectivity index (χ4n) is 10.9. The number of nitrogens with zero attached hydrogens (tertiary/aromatic N) is 8. The van der Waals surface area contributed by atoms with E-state index in [1.807, 2.05) is 129 Å². The van der Waals surface area contributed by atoms with E-state index in [0.717, 1.165) is 63.9 Å². The van der Waals surface area contributed by atoms with Gasteiger partial charge in [-0.1, -0.05) is 42.5 Å². The Kier molecular flexibility index (Phi) is 34.4. The molecule has 4 aromatic heterocycles. The number of ether oxygens (including phenoxy) is 10. The number of aliphatic hydroxyl groups excluding tert-OH is 1. The number of aliphatic hydroxyl groups is 1. The van der Waals surface area contributed by atoms with Crippen LogP contribution in [0.25, 0.3) is 5.57 Å². The minimum Gasteiger partial charge on any atom is -0.506 e. The van der Waals surface area contributed by atoms with Crippen LogP contribution in [0.15, 0.2) is 181 Å².